The number of amides is 1. The van der Waals surface area contributed by atoms with Crippen LogP contribution >= 0.6 is 11.3 Å². The Labute approximate surface area is 152 Å². The summed E-state index contributed by atoms with van der Waals surface area (Å²) in [5.74, 6) is 0.815. The van der Waals surface area contributed by atoms with Crippen LogP contribution in [0.15, 0.2) is 29.6 Å². The van der Waals surface area contributed by atoms with Gasteiger partial charge in [0.15, 0.2) is 0 Å². The van der Waals surface area contributed by atoms with E-state index < -0.39 is 0 Å². The third-order valence-electron chi connectivity index (χ3n) is 4.94. The fraction of sp³-hybridized carbons (Fsp3) is 0.474. The lowest BCUT2D eigenvalue weighted by atomic mass is 10.1. The molecule has 25 heavy (non-hydrogen) atoms. The van der Waals surface area contributed by atoms with Crippen LogP contribution in [0.2, 0.25) is 0 Å². The number of fused-ring (bicyclic) bond motifs is 2. The predicted molar refractivity (Wildman–Crippen MR) is 98.1 cm³/mol. The Kier molecular flexibility index (Phi) is 4.72. The molecule has 6 heteroatoms. The minimum Gasteiger partial charge on any atom is -0.487 e. The number of nitrogens with zero attached hydrogens (tertiary/aromatic N) is 2. The summed E-state index contributed by atoms with van der Waals surface area (Å²) < 4.78 is 5.82. The predicted octanol–water partition coefficient (Wildman–Crippen LogP) is 3.00. The van der Waals surface area contributed by atoms with Gasteiger partial charge in [-0.15, -0.1) is 11.3 Å². The van der Waals surface area contributed by atoms with E-state index in [9.17, 15) is 4.79 Å². The van der Waals surface area contributed by atoms with Gasteiger partial charge in [0.25, 0.3) is 5.91 Å². The van der Waals surface area contributed by atoms with Crippen LogP contribution in [0, 0.1) is 6.92 Å². The zero-order chi connectivity index (χ0) is 17.2. The summed E-state index contributed by atoms with van der Waals surface area (Å²) in [5.41, 5.74) is 1.62. The van der Waals surface area contributed by atoms with E-state index >= 15 is 0 Å². The van der Waals surface area contributed by atoms with Crippen LogP contribution in [-0.2, 0) is 6.61 Å². The molecule has 2 aromatic rings. The van der Waals surface area contributed by atoms with Gasteiger partial charge in [-0.2, -0.15) is 0 Å². The number of rotatable bonds is 4. The van der Waals surface area contributed by atoms with E-state index in [0.29, 0.717) is 30.0 Å². The molecule has 0 spiro atoms. The van der Waals surface area contributed by atoms with Gasteiger partial charge in [0, 0.05) is 36.1 Å². The molecule has 5 nitrogen and oxygen atoms in total. The van der Waals surface area contributed by atoms with Gasteiger partial charge in [-0.1, -0.05) is 6.07 Å². The first kappa shape index (κ1) is 16.5. The van der Waals surface area contributed by atoms with E-state index in [4.69, 9.17) is 4.74 Å². The first-order valence-corrected chi connectivity index (χ1v) is 9.74. The maximum atomic E-state index is 12.9. The van der Waals surface area contributed by atoms with Gasteiger partial charge in [-0.05, 0) is 44.4 Å². The summed E-state index contributed by atoms with van der Waals surface area (Å²) >= 11 is 1.62. The van der Waals surface area contributed by atoms with Gasteiger partial charge in [0.1, 0.15) is 12.4 Å². The number of hydrogen-bond donors (Lipinski definition) is 1. The van der Waals surface area contributed by atoms with Crippen LogP contribution in [0.4, 0.5) is 0 Å². The Bertz CT molecular complexity index is 761. The van der Waals surface area contributed by atoms with E-state index in [2.05, 4.69) is 10.3 Å². The maximum absolute atomic E-state index is 12.9. The van der Waals surface area contributed by atoms with Gasteiger partial charge < -0.3 is 15.0 Å². The van der Waals surface area contributed by atoms with Crippen molar-refractivity contribution in [1.29, 1.82) is 0 Å². The van der Waals surface area contributed by atoms with Crippen molar-refractivity contribution < 1.29 is 9.53 Å². The number of benzene rings is 1. The fourth-order valence-electron chi connectivity index (χ4n) is 3.66. The summed E-state index contributed by atoms with van der Waals surface area (Å²) in [6.07, 6.45) is 3.46. The summed E-state index contributed by atoms with van der Waals surface area (Å²) in [7, 11) is 0. The van der Waals surface area contributed by atoms with Gasteiger partial charge in [-0.25, -0.2) is 4.98 Å². The number of aryl methyl sites for hydroxylation is 1. The van der Waals surface area contributed by atoms with E-state index in [1.807, 2.05) is 41.5 Å². The van der Waals surface area contributed by atoms with E-state index in [0.717, 1.165) is 30.2 Å². The number of aromatic nitrogens is 1. The number of nitrogens with one attached hydrogen (secondary N) is 1. The van der Waals surface area contributed by atoms with Gasteiger partial charge in [-0.3, -0.25) is 4.79 Å². The highest BCUT2D eigenvalue weighted by Crippen LogP contribution is 2.23. The first-order valence-electron chi connectivity index (χ1n) is 8.86. The van der Waals surface area contributed by atoms with Crippen molar-refractivity contribution in [1.82, 2.24) is 15.2 Å². The molecule has 2 atom stereocenters. The molecule has 2 aliphatic rings. The number of ether oxygens (including phenoxy) is 1. The zero-order valence-electron chi connectivity index (χ0n) is 14.4. The molecule has 0 radical (unpaired) electrons. The molecule has 2 saturated heterocycles. The normalized spacial score (nSPS) is 22.7. The number of hydrogen-bond acceptors (Lipinski definition) is 5. The Morgan fingerprint density at radius 3 is 3.08 bits per heavy atom. The molecular weight excluding hydrogens is 334 g/mol. The van der Waals surface area contributed by atoms with Gasteiger partial charge in [0.05, 0.1) is 10.7 Å². The van der Waals surface area contributed by atoms with Crippen LogP contribution < -0.4 is 10.1 Å². The molecule has 2 fully saturated rings. The van der Waals surface area contributed by atoms with Crippen LogP contribution in [0.5, 0.6) is 5.75 Å². The third-order valence-corrected chi connectivity index (χ3v) is 5.77. The second-order valence-corrected chi connectivity index (χ2v) is 7.91. The quantitative estimate of drug-likeness (QED) is 0.914. The molecule has 4 rings (SSSR count). The molecule has 132 valence electrons. The van der Waals surface area contributed by atoms with Crippen LogP contribution in [-0.4, -0.2) is 41.0 Å². The Balaban J connectivity index is 1.42. The van der Waals surface area contributed by atoms with Gasteiger partial charge >= 0.3 is 0 Å². The molecule has 2 bridgehead atoms. The second-order valence-electron chi connectivity index (χ2n) is 6.85. The molecule has 1 N–H and O–H groups in total. The van der Waals surface area contributed by atoms with Crippen molar-refractivity contribution in [3.63, 3.8) is 0 Å². The lowest BCUT2D eigenvalue weighted by molar-refractivity contribution is 0.0747. The fourth-order valence-corrected chi connectivity index (χ4v) is 4.26. The molecule has 1 amide bonds. The molecule has 0 aliphatic carbocycles. The largest absolute Gasteiger partial charge is 0.487 e. The summed E-state index contributed by atoms with van der Waals surface area (Å²) in [6, 6.07) is 8.53. The molecule has 2 aliphatic heterocycles. The van der Waals surface area contributed by atoms with Crippen LogP contribution in [0.25, 0.3) is 0 Å². The van der Waals surface area contributed by atoms with Crippen molar-refractivity contribution in [2.75, 3.05) is 13.1 Å². The topological polar surface area (TPSA) is 54.5 Å². The zero-order valence-corrected chi connectivity index (χ0v) is 15.2. The SMILES string of the molecule is Cc1nc(COc2cccc(C(=O)N3CCC4CCC(C3)N4)c2)cs1. The van der Waals surface area contributed by atoms with Crippen LogP contribution in [0.1, 0.15) is 40.3 Å². The molecular formula is C19H23N3O2S. The van der Waals surface area contributed by atoms with Crippen molar-refractivity contribution in [2.24, 2.45) is 0 Å². The molecule has 1 aromatic heterocycles. The van der Waals surface area contributed by atoms with Crippen LogP contribution in [0.3, 0.4) is 0 Å². The Morgan fingerprint density at radius 2 is 2.24 bits per heavy atom. The highest BCUT2D eigenvalue weighted by Gasteiger charge is 2.31. The number of carbonyl (C=O) groups excluding carboxylic acids is 1. The van der Waals surface area contributed by atoms with Crippen molar-refractivity contribution in [2.45, 2.75) is 44.9 Å². The highest BCUT2D eigenvalue weighted by molar-refractivity contribution is 7.09. The average molecular weight is 357 g/mol. The van der Waals surface area contributed by atoms with Crippen molar-refractivity contribution >= 4 is 17.2 Å². The van der Waals surface area contributed by atoms with E-state index in [-0.39, 0.29) is 5.91 Å². The van der Waals surface area contributed by atoms with E-state index in [1.165, 1.54) is 12.8 Å². The minimum atomic E-state index is 0.101. The minimum absolute atomic E-state index is 0.101. The van der Waals surface area contributed by atoms with Gasteiger partial charge in [0.2, 0.25) is 0 Å². The summed E-state index contributed by atoms with van der Waals surface area (Å²) in [4.78, 5) is 19.3. The Morgan fingerprint density at radius 1 is 1.36 bits per heavy atom. The summed E-state index contributed by atoms with van der Waals surface area (Å²) in [5, 5.41) is 6.65. The number of likely N-dealkylation sites (tertiary alicyclic amines) is 1. The molecule has 3 heterocycles. The maximum Gasteiger partial charge on any atom is 0.254 e. The molecule has 1 aromatic carbocycles. The molecule has 2 unspecified atom stereocenters. The lowest BCUT2D eigenvalue weighted by Crippen LogP contribution is -2.39. The summed E-state index contributed by atoms with van der Waals surface area (Å²) in [6.45, 7) is 4.05. The highest BCUT2D eigenvalue weighted by atomic mass is 32.1. The average Bonchev–Trinajstić information content (AvgIpc) is 3.18. The van der Waals surface area contributed by atoms with Crippen molar-refractivity contribution in [3.05, 3.63) is 45.9 Å². The van der Waals surface area contributed by atoms with E-state index in [1.54, 1.807) is 11.3 Å². The number of thiazole rings is 1. The molecule has 0 saturated carbocycles. The second kappa shape index (κ2) is 7.14. The third kappa shape index (κ3) is 3.85. The number of carbonyl (C=O) groups is 1. The Hall–Kier alpha value is -1.92. The standard InChI is InChI=1S/C19H23N3O2S/c1-13-20-17(12-25-13)11-24-18-4-2-3-14(9-18)19(23)22-8-7-15-5-6-16(10-22)21-15/h2-4,9,12,15-16,21H,5-8,10-11H2,1H3. The lowest BCUT2D eigenvalue weighted by Gasteiger charge is -2.24. The first-order chi connectivity index (χ1) is 12.2. The smallest absolute Gasteiger partial charge is 0.254 e. The monoisotopic (exact) mass is 357 g/mol. The van der Waals surface area contributed by atoms with Crippen molar-refractivity contribution in [3.8, 4) is 5.75 Å².